The van der Waals surface area contributed by atoms with E-state index in [1.165, 1.54) is 0 Å². The summed E-state index contributed by atoms with van der Waals surface area (Å²) in [5.74, 6) is 0. The lowest BCUT2D eigenvalue weighted by atomic mass is 10.0. The molecule has 0 saturated carbocycles. The molecule has 2 amide bonds. The third kappa shape index (κ3) is 2.40. The Labute approximate surface area is 103 Å². The van der Waals surface area contributed by atoms with Gasteiger partial charge >= 0.3 is 6.03 Å². The molecule has 2 saturated heterocycles. The first-order chi connectivity index (χ1) is 7.93. The molecule has 5 nitrogen and oxygen atoms in total. The lowest BCUT2D eigenvalue weighted by Gasteiger charge is -2.43. The van der Waals surface area contributed by atoms with E-state index in [4.69, 9.17) is 5.11 Å². The maximum Gasteiger partial charge on any atom is 0.320 e. The van der Waals surface area contributed by atoms with E-state index in [0.717, 1.165) is 26.2 Å². The highest BCUT2D eigenvalue weighted by Gasteiger charge is 2.42. The highest BCUT2D eigenvalue weighted by molar-refractivity contribution is 5.77. The normalized spacial score (nSPS) is 26.6. The molecular formula is C12H23N3O2. The van der Waals surface area contributed by atoms with Crippen LogP contribution in [0.4, 0.5) is 4.79 Å². The fourth-order valence-electron chi connectivity index (χ4n) is 2.69. The molecule has 1 N–H and O–H groups in total. The van der Waals surface area contributed by atoms with Crippen LogP contribution in [0.25, 0.3) is 0 Å². The molecule has 1 unspecified atom stereocenters. The third-order valence-corrected chi connectivity index (χ3v) is 3.75. The van der Waals surface area contributed by atoms with Gasteiger partial charge in [0.15, 0.2) is 0 Å². The molecule has 2 aliphatic rings. The first-order valence-corrected chi connectivity index (χ1v) is 6.35. The zero-order valence-corrected chi connectivity index (χ0v) is 11.0. The van der Waals surface area contributed by atoms with Crippen molar-refractivity contribution in [2.24, 2.45) is 0 Å². The molecule has 0 aliphatic carbocycles. The van der Waals surface area contributed by atoms with Crippen LogP contribution in [0.1, 0.15) is 20.8 Å². The van der Waals surface area contributed by atoms with E-state index in [2.05, 4.69) is 25.7 Å². The summed E-state index contributed by atoms with van der Waals surface area (Å²) in [5.41, 5.74) is 0.166. The summed E-state index contributed by atoms with van der Waals surface area (Å²) in [4.78, 5) is 18.2. The molecule has 0 aromatic rings. The van der Waals surface area contributed by atoms with Crippen molar-refractivity contribution < 1.29 is 9.90 Å². The summed E-state index contributed by atoms with van der Waals surface area (Å²) < 4.78 is 0. The van der Waals surface area contributed by atoms with Gasteiger partial charge in [0, 0.05) is 38.3 Å². The Bertz CT molecular complexity index is 301. The van der Waals surface area contributed by atoms with Crippen molar-refractivity contribution in [3.8, 4) is 0 Å². The topological polar surface area (TPSA) is 47.0 Å². The van der Waals surface area contributed by atoms with Gasteiger partial charge in [-0.2, -0.15) is 0 Å². The number of aliphatic hydroxyl groups is 1. The summed E-state index contributed by atoms with van der Waals surface area (Å²) >= 11 is 0. The number of urea groups is 1. The molecule has 0 radical (unpaired) electrons. The number of rotatable bonds is 2. The summed E-state index contributed by atoms with van der Waals surface area (Å²) in [6.45, 7) is 10.6. The maximum atomic E-state index is 12.0. The maximum absolute atomic E-state index is 12.0. The van der Waals surface area contributed by atoms with Crippen LogP contribution in [0.3, 0.4) is 0 Å². The van der Waals surface area contributed by atoms with Crippen molar-refractivity contribution in [2.75, 3.05) is 39.3 Å². The minimum atomic E-state index is 0.0509. The molecule has 5 heteroatoms. The lowest BCUT2D eigenvalue weighted by molar-refractivity contribution is 0.0558. The molecular weight excluding hydrogens is 218 g/mol. The average molecular weight is 241 g/mol. The molecule has 0 aromatic carbocycles. The van der Waals surface area contributed by atoms with Crippen LogP contribution in [0.15, 0.2) is 0 Å². The van der Waals surface area contributed by atoms with Crippen molar-refractivity contribution in [2.45, 2.75) is 32.4 Å². The molecule has 2 rings (SSSR count). The smallest absolute Gasteiger partial charge is 0.320 e. The molecule has 2 heterocycles. The van der Waals surface area contributed by atoms with E-state index in [0.29, 0.717) is 12.6 Å². The molecule has 17 heavy (non-hydrogen) atoms. The van der Waals surface area contributed by atoms with Crippen LogP contribution in [0, 0.1) is 0 Å². The second-order valence-corrected chi connectivity index (χ2v) is 5.92. The first kappa shape index (κ1) is 12.6. The Kier molecular flexibility index (Phi) is 3.32. The Morgan fingerprint density at radius 3 is 2.59 bits per heavy atom. The third-order valence-electron chi connectivity index (χ3n) is 3.75. The van der Waals surface area contributed by atoms with Gasteiger partial charge in [0.1, 0.15) is 0 Å². The van der Waals surface area contributed by atoms with E-state index in [1.807, 2.05) is 4.90 Å². The number of fused-ring (bicyclic) bond motifs is 1. The molecule has 2 fully saturated rings. The monoisotopic (exact) mass is 241 g/mol. The number of hydrogen-bond donors (Lipinski definition) is 1. The SMILES string of the molecule is CC(C)(C)N1CCN2C(=O)N(CCO)CC2C1. The standard InChI is InChI=1S/C12H23N3O2/c1-12(2,3)14-4-5-15-10(9-14)8-13(6-7-16)11(15)17/h10,16H,4-9H2,1-3H3. The zero-order chi connectivity index (χ0) is 12.6. The van der Waals surface area contributed by atoms with Gasteiger partial charge in [-0.25, -0.2) is 4.79 Å². The van der Waals surface area contributed by atoms with Crippen LogP contribution < -0.4 is 0 Å². The number of amides is 2. The predicted octanol–water partition coefficient (Wildman–Crippen LogP) is 0.199. The van der Waals surface area contributed by atoms with Gasteiger partial charge in [-0.3, -0.25) is 4.90 Å². The van der Waals surface area contributed by atoms with Crippen LogP contribution in [-0.4, -0.2) is 76.7 Å². The van der Waals surface area contributed by atoms with E-state index >= 15 is 0 Å². The van der Waals surface area contributed by atoms with Gasteiger partial charge in [-0.1, -0.05) is 0 Å². The zero-order valence-electron chi connectivity index (χ0n) is 11.0. The van der Waals surface area contributed by atoms with Crippen molar-refractivity contribution in [3.05, 3.63) is 0 Å². The quantitative estimate of drug-likeness (QED) is 0.751. The fraction of sp³-hybridized carbons (Fsp3) is 0.917. The second-order valence-electron chi connectivity index (χ2n) is 5.92. The fourth-order valence-corrected chi connectivity index (χ4v) is 2.69. The Balaban J connectivity index is 2.01. The van der Waals surface area contributed by atoms with E-state index in [9.17, 15) is 4.79 Å². The Hall–Kier alpha value is -0.810. The van der Waals surface area contributed by atoms with Gasteiger partial charge in [0.05, 0.1) is 12.6 Å². The van der Waals surface area contributed by atoms with Gasteiger partial charge in [0.25, 0.3) is 0 Å². The van der Waals surface area contributed by atoms with Crippen LogP contribution in [0.5, 0.6) is 0 Å². The van der Waals surface area contributed by atoms with Gasteiger partial charge in [-0.15, -0.1) is 0 Å². The number of hydrogen-bond acceptors (Lipinski definition) is 3. The van der Waals surface area contributed by atoms with Gasteiger partial charge < -0.3 is 14.9 Å². The predicted molar refractivity (Wildman–Crippen MR) is 65.9 cm³/mol. The highest BCUT2D eigenvalue weighted by Crippen LogP contribution is 2.24. The molecule has 1 atom stereocenters. The first-order valence-electron chi connectivity index (χ1n) is 6.35. The van der Waals surface area contributed by atoms with Crippen molar-refractivity contribution >= 4 is 6.03 Å². The van der Waals surface area contributed by atoms with Crippen LogP contribution in [0.2, 0.25) is 0 Å². The van der Waals surface area contributed by atoms with E-state index < -0.39 is 0 Å². The molecule has 98 valence electrons. The number of carbonyl (C=O) groups is 1. The van der Waals surface area contributed by atoms with Crippen molar-refractivity contribution in [3.63, 3.8) is 0 Å². The minimum Gasteiger partial charge on any atom is -0.395 e. The van der Waals surface area contributed by atoms with E-state index in [1.54, 1.807) is 4.90 Å². The summed E-state index contributed by atoms with van der Waals surface area (Å²) in [5, 5.41) is 8.94. The largest absolute Gasteiger partial charge is 0.395 e. The lowest BCUT2D eigenvalue weighted by Crippen LogP contribution is -2.57. The minimum absolute atomic E-state index is 0.0509. The van der Waals surface area contributed by atoms with Gasteiger partial charge in [-0.05, 0) is 20.8 Å². The van der Waals surface area contributed by atoms with E-state index in [-0.39, 0.29) is 18.2 Å². The van der Waals surface area contributed by atoms with Crippen LogP contribution in [-0.2, 0) is 0 Å². The van der Waals surface area contributed by atoms with Gasteiger partial charge in [0.2, 0.25) is 0 Å². The number of aliphatic hydroxyl groups excluding tert-OH is 1. The molecule has 0 aromatic heterocycles. The summed E-state index contributed by atoms with van der Waals surface area (Å²) in [7, 11) is 0. The average Bonchev–Trinajstić information content (AvgIpc) is 2.55. The second kappa shape index (κ2) is 4.46. The number of piperazine rings is 1. The Morgan fingerprint density at radius 2 is 2.00 bits per heavy atom. The highest BCUT2D eigenvalue weighted by atomic mass is 16.3. The van der Waals surface area contributed by atoms with Crippen LogP contribution >= 0.6 is 0 Å². The number of carbonyl (C=O) groups excluding carboxylic acids is 1. The van der Waals surface area contributed by atoms with Crippen molar-refractivity contribution in [1.82, 2.24) is 14.7 Å². The van der Waals surface area contributed by atoms with Crippen molar-refractivity contribution in [1.29, 1.82) is 0 Å². The number of β-amino-alcohol motifs (C(OH)–C–C–N with tert-alkyl or cyclic N) is 1. The summed E-state index contributed by atoms with van der Waals surface area (Å²) in [6.07, 6.45) is 0. The number of nitrogens with zero attached hydrogens (tertiary/aromatic N) is 3. The molecule has 0 bridgehead atoms. The summed E-state index contributed by atoms with van der Waals surface area (Å²) in [6, 6.07) is 0.389. The molecule has 0 spiro atoms. The molecule has 2 aliphatic heterocycles. The Morgan fingerprint density at radius 1 is 1.29 bits per heavy atom.